The van der Waals surface area contributed by atoms with Crippen molar-refractivity contribution >= 4 is 57.3 Å². The van der Waals surface area contributed by atoms with Crippen molar-refractivity contribution in [3.8, 4) is 0 Å². The van der Waals surface area contributed by atoms with Gasteiger partial charge >= 0.3 is 40.0 Å². The monoisotopic (exact) mass is 188 g/mol. The van der Waals surface area contributed by atoms with Crippen LogP contribution in [-0.4, -0.2) is 75.4 Å². The Hall–Kier alpha value is 1.32. The Balaban J connectivity index is -0.0000000133. The zero-order valence-corrected chi connectivity index (χ0v) is 3.94. The Morgan fingerprint density at radius 3 is 1.00 bits per heavy atom. The van der Waals surface area contributed by atoms with Crippen LogP contribution in [0.25, 0.3) is 0 Å². The first-order chi connectivity index (χ1) is 2.00. The average Bonchev–Trinajstić information content (AvgIpc) is 0.722. The van der Waals surface area contributed by atoms with E-state index in [9.17, 15) is 0 Å². The summed E-state index contributed by atoms with van der Waals surface area (Å²) in [5, 5.41) is 0. The molecule has 6 N–H and O–H groups in total. The van der Waals surface area contributed by atoms with Crippen LogP contribution in [0, 0.1) is 0 Å². The van der Waals surface area contributed by atoms with Gasteiger partial charge in [0, 0.05) is 0 Å². The first-order valence-corrected chi connectivity index (χ1v) is 2.10. The molecule has 0 heterocycles. The molecule has 0 aromatic heterocycles. The van der Waals surface area contributed by atoms with E-state index in [1.807, 2.05) is 0 Å². The molecule has 0 spiro atoms. The van der Waals surface area contributed by atoms with Gasteiger partial charge in [0.1, 0.15) is 0 Å². The Bertz CT molecular complexity index is 96.2. The van der Waals surface area contributed by atoms with Gasteiger partial charge in [-0.05, 0) is 0 Å². The van der Waals surface area contributed by atoms with Crippen molar-refractivity contribution in [3.63, 3.8) is 0 Å². The zero-order chi connectivity index (χ0) is 4.50. The number of hydrogen-bond acceptors (Lipinski definition) is 2. The molecule has 0 aliphatic rings. The van der Waals surface area contributed by atoms with Crippen molar-refractivity contribution < 1.29 is 28.5 Å². The Morgan fingerprint density at radius 2 is 1.00 bits per heavy atom. The summed E-state index contributed by atoms with van der Waals surface area (Å²) in [4.78, 5) is 0. The molecule has 0 rings (SSSR count). The molecule has 6 nitrogen and oxygen atoms in total. The molecule has 0 amide bonds. The zero-order valence-electron chi connectivity index (χ0n) is 3.12. The van der Waals surface area contributed by atoms with Gasteiger partial charge in [-0.15, -0.1) is 0 Å². The molecule has 0 unspecified atom stereocenters. The minimum absolute atomic E-state index is 0. The van der Waals surface area contributed by atoms with Crippen molar-refractivity contribution in [1.29, 1.82) is 0 Å². The summed E-state index contributed by atoms with van der Waals surface area (Å²) in [6.45, 7) is 0. The molecule has 0 aromatic rings. The second-order valence-electron chi connectivity index (χ2n) is 0.448. The van der Waals surface area contributed by atoms with Crippen LogP contribution in [0.15, 0.2) is 0 Å². The third kappa shape index (κ3) is 286. The Morgan fingerprint density at radius 1 is 1.00 bits per heavy atom. The van der Waals surface area contributed by atoms with Crippen LogP contribution < -0.4 is 0 Å². The SMILES string of the molecule is O.O.O=S(=O)(O)O.[AlH3].[NaH]. The second kappa shape index (κ2) is 12.0. The van der Waals surface area contributed by atoms with Crippen LogP contribution in [-0.2, 0) is 10.4 Å². The summed E-state index contributed by atoms with van der Waals surface area (Å²) >= 11 is 0. The van der Waals surface area contributed by atoms with Crippen molar-refractivity contribution in [1.82, 2.24) is 0 Å². The van der Waals surface area contributed by atoms with Crippen molar-refractivity contribution in [2.24, 2.45) is 0 Å². The first kappa shape index (κ1) is 31.7. The predicted octanol–water partition coefficient (Wildman–Crippen LogP) is -4.13. The van der Waals surface area contributed by atoms with Gasteiger partial charge in [-0.3, -0.25) is 9.11 Å². The molecule has 0 saturated heterocycles. The molecule has 9 heavy (non-hydrogen) atoms. The average molecular weight is 188 g/mol. The second-order valence-corrected chi connectivity index (χ2v) is 1.34. The van der Waals surface area contributed by atoms with Gasteiger partial charge in [-0.25, -0.2) is 0 Å². The van der Waals surface area contributed by atoms with Crippen LogP contribution >= 0.6 is 0 Å². The van der Waals surface area contributed by atoms with Gasteiger partial charge in [0.05, 0.1) is 0 Å². The normalized spacial score (nSPS) is 6.44. The van der Waals surface area contributed by atoms with E-state index in [2.05, 4.69) is 0 Å². The Kier molecular flexibility index (Phi) is 42.4. The van der Waals surface area contributed by atoms with Crippen LogP contribution in [0.5, 0.6) is 0 Å². The topological polar surface area (TPSA) is 138 Å². The molecule has 0 saturated carbocycles. The fourth-order valence-electron chi connectivity index (χ4n) is 0. The molecule has 0 radical (unpaired) electrons. The fraction of sp³-hybridized carbons (Fsp3) is 0. The quantitative estimate of drug-likeness (QED) is 0.294. The van der Waals surface area contributed by atoms with E-state index in [0.29, 0.717) is 0 Å². The third-order valence-electron chi connectivity index (χ3n) is 0. The number of hydrogen-bond donors (Lipinski definition) is 2. The van der Waals surface area contributed by atoms with Crippen molar-refractivity contribution in [2.75, 3.05) is 0 Å². The third-order valence-corrected chi connectivity index (χ3v) is 0. The minimum atomic E-state index is -4.67. The van der Waals surface area contributed by atoms with Gasteiger partial charge < -0.3 is 11.0 Å². The van der Waals surface area contributed by atoms with E-state index in [-0.39, 0.29) is 57.9 Å². The maximum atomic E-state index is 8.74. The number of rotatable bonds is 0. The molecule has 0 fully saturated rings. The molecule has 0 atom stereocenters. The van der Waals surface area contributed by atoms with Crippen molar-refractivity contribution in [2.45, 2.75) is 0 Å². The summed E-state index contributed by atoms with van der Waals surface area (Å²) in [5.74, 6) is 0. The van der Waals surface area contributed by atoms with Crippen LogP contribution in [0.1, 0.15) is 0 Å². The molecular weight excluding hydrogens is 178 g/mol. The summed E-state index contributed by atoms with van der Waals surface area (Å²) in [7, 11) is -4.67. The van der Waals surface area contributed by atoms with Crippen LogP contribution in [0.4, 0.5) is 0 Å². The fourth-order valence-corrected chi connectivity index (χ4v) is 0. The summed E-state index contributed by atoms with van der Waals surface area (Å²) in [6.07, 6.45) is 0. The van der Waals surface area contributed by atoms with Gasteiger partial charge in [-0.2, -0.15) is 8.42 Å². The van der Waals surface area contributed by atoms with Crippen LogP contribution in [0.3, 0.4) is 0 Å². The van der Waals surface area contributed by atoms with E-state index in [4.69, 9.17) is 17.5 Å². The Labute approximate surface area is 85.3 Å². The van der Waals surface area contributed by atoms with E-state index in [1.54, 1.807) is 0 Å². The molecule has 9 heteroatoms. The van der Waals surface area contributed by atoms with Crippen LogP contribution in [0.2, 0.25) is 0 Å². The molecule has 0 bridgehead atoms. The van der Waals surface area contributed by atoms with Gasteiger partial charge in [0.15, 0.2) is 17.4 Å². The predicted molar refractivity (Wildman–Crippen MR) is 38.5 cm³/mol. The molecule has 56 valence electrons. The van der Waals surface area contributed by atoms with Gasteiger partial charge in [0.25, 0.3) is 0 Å². The van der Waals surface area contributed by atoms with E-state index >= 15 is 0 Å². The van der Waals surface area contributed by atoms with Gasteiger partial charge in [-0.1, -0.05) is 0 Å². The molecule has 0 aromatic carbocycles. The maximum absolute atomic E-state index is 8.74. The van der Waals surface area contributed by atoms with Crippen molar-refractivity contribution in [3.05, 3.63) is 0 Å². The summed E-state index contributed by atoms with van der Waals surface area (Å²) in [6, 6.07) is 0. The van der Waals surface area contributed by atoms with E-state index in [1.165, 1.54) is 0 Å². The summed E-state index contributed by atoms with van der Waals surface area (Å²) in [5.41, 5.74) is 0. The molecule has 0 aliphatic heterocycles. The first-order valence-electron chi connectivity index (χ1n) is 0.698. The molecule has 0 aliphatic carbocycles. The van der Waals surface area contributed by atoms with E-state index in [0.717, 1.165) is 0 Å². The van der Waals surface area contributed by atoms with Gasteiger partial charge in [0.2, 0.25) is 0 Å². The van der Waals surface area contributed by atoms with E-state index < -0.39 is 10.4 Å². The standard InChI is InChI=1S/Al.Na.H2O4S.2H2O.4H/c;;1-5(2,3)4;;;;;;/h;;(H2,1,2,3,4);2*1H2;;;;. The molecular formula is H10AlNaO6S. The summed E-state index contributed by atoms with van der Waals surface area (Å²) < 4.78 is 31.6.